The zero-order chi connectivity index (χ0) is 54.4. The van der Waals surface area contributed by atoms with E-state index in [1.54, 1.807) is 48.6 Å². The molecule has 3 fully saturated rings. The van der Waals surface area contributed by atoms with Crippen LogP contribution in [0.1, 0.15) is 138 Å². The van der Waals surface area contributed by atoms with Crippen LogP contribution >= 0.6 is 11.8 Å². The second-order valence-corrected chi connectivity index (χ2v) is 22.8. The van der Waals surface area contributed by atoms with Crippen molar-refractivity contribution < 1.29 is 57.3 Å². The lowest BCUT2D eigenvalue weighted by molar-refractivity contribution is -0.150. The van der Waals surface area contributed by atoms with Crippen LogP contribution in [0.25, 0.3) is 0 Å². The number of carboxylic acids is 1. The molecular weight excluding hydrogens is 958 g/mol. The van der Waals surface area contributed by atoms with Crippen LogP contribution < -0.4 is 5.32 Å². The van der Waals surface area contributed by atoms with Crippen molar-refractivity contribution in [3.63, 3.8) is 0 Å². The van der Waals surface area contributed by atoms with Gasteiger partial charge in [-0.3, -0.25) is 38.5 Å². The standard InChI is InChI=1S/C55H86FN5O11S/c1-13-15-25-73-45-31-47(64)60(54(45)68)24-20-16-17-23-46(63)58(9)49(33(5)6)43(62)29-38(32(3)4)53(67)59(10)50(34(7)14-2)44(71-11)30-48(65)61-41-27-37(41)28-42(61)51(72-12)35(8)52(66)57-40(55(69)70)26-36-21-18-19-22-39(36)56/h18-19,21-22,32-35,37-38,40-42,44-45,49-51H,13-17,20,23-31H2,1-12H3,(H,57,66)(H,69,70)/t34-,35+,37-,38-,40-,41-,42-,44+,45?,49-,50-,51+/m0/s1. The molecule has 2 aliphatic heterocycles. The first kappa shape index (κ1) is 61.1. The molecule has 1 aromatic carbocycles. The Morgan fingerprint density at radius 2 is 1.58 bits per heavy atom. The summed E-state index contributed by atoms with van der Waals surface area (Å²) in [4.78, 5) is 115. The number of ketones is 1. The zero-order valence-electron chi connectivity index (χ0n) is 45.6. The minimum atomic E-state index is -1.40. The van der Waals surface area contributed by atoms with E-state index in [0.717, 1.165) is 25.0 Å². The molecule has 2 saturated heterocycles. The van der Waals surface area contributed by atoms with E-state index in [0.29, 0.717) is 38.6 Å². The number of carboxylic acid groups (broad SMARTS) is 1. The third kappa shape index (κ3) is 15.8. The average molecular weight is 1040 g/mol. The Morgan fingerprint density at radius 3 is 2.16 bits per heavy atom. The van der Waals surface area contributed by atoms with E-state index in [4.69, 9.17) is 9.47 Å². The van der Waals surface area contributed by atoms with Crippen LogP contribution in [-0.2, 0) is 54.3 Å². The number of carbonyl (C=O) groups is 8. The number of nitrogens with zero attached hydrogens (tertiary/aromatic N) is 4. The second kappa shape index (κ2) is 28.5. The zero-order valence-corrected chi connectivity index (χ0v) is 46.4. The number of carbonyl (C=O) groups excluding carboxylic acids is 7. The lowest BCUT2D eigenvalue weighted by Crippen LogP contribution is -2.55. The molecule has 6 amide bonds. The predicted molar refractivity (Wildman–Crippen MR) is 279 cm³/mol. The molecule has 16 nitrogen and oxygen atoms in total. The SMILES string of the molecule is CCCCSC1CC(=O)N(CCCCCC(=O)N(C)[C@H](C(=O)C[C@H](C(=O)N(C)[C@@H]([C@@H](C)CC)[C@@H](CC(=O)N2[C@H]3C[C@H]3C[C@H]2[C@H](OC)[C@@H](C)C(=O)N[C@@H](Cc2ccccc2F)C(=O)O)OC)C(C)C)C(C)C)C1=O. The number of halogens is 1. The van der Waals surface area contributed by atoms with Crippen molar-refractivity contribution in [3.05, 3.63) is 35.6 Å². The van der Waals surface area contributed by atoms with Crippen molar-refractivity contribution in [2.75, 3.05) is 40.6 Å². The van der Waals surface area contributed by atoms with Gasteiger partial charge in [0.05, 0.1) is 47.9 Å². The van der Waals surface area contributed by atoms with Gasteiger partial charge in [0.2, 0.25) is 35.4 Å². The third-order valence-corrected chi connectivity index (χ3v) is 17.0. The third-order valence-electron chi connectivity index (χ3n) is 15.7. The number of rotatable bonds is 32. The number of hydrogen-bond acceptors (Lipinski definition) is 11. The van der Waals surface area contributed by atoms with Gasteiger partial charge in [-0.15, -0.1) is 11.8 Å². The van der Waals surface area contributed by atoms with Gasteiger partial charge >= 0.3 is 5.97 Å². The summed E-state index contributed by atoms with van der Waals surface area (Å²) >= 11 is 1.55. The molecule has 1 aliphatic carbocycles. The van der Waals surface area contributed by atoms with Crippen molar-refractivity contribution in [1.29, 1.82) is 0 Å². The van der Waals surface area contributed by atoms with Gasteiger partial charge in [-0.25, -0.2) is 9.18 Å². The maximum absolute atomic E-state index is 14.8. The number of unbranched alkanes of at least 4 members (excludes halogenated alkanes) is 3. The lowest BCUT2D eigenvalue weighted by Gasteiger charge is -2.41. The molecule has 0 radical (unpaired) electrons. The number of fused-ring (bicyclic) bond motifs is 1. The van der Waals surface area contributed by atoms with Crippen LogP contribution in [0.15, 0.2) is 24.3 Å². The van der Waals surface area contributed by atoms with Crippen LogP contribution in [0.5, 0.6) is 0 Å². The van der Waals surface area contributed by atoms with Crippen molar-refractivity contribution in [1.82, 2.24) is 24.9 Å². The number of piperidine rings is 1. The molecular formula is C55H86FN5O11S. The number of benzene rings is 1. The number of ether oxygens (including phenoxy) is 2. The highest BCUT2D eigenvalue weighted by molar-refractivity contribution is 8.00. The van der Waals surface area contributed by atoms with Gasteiger partial charge in [-0.05, 0) is 73.2 Å². The maximum atomic E-state index is 14.8. The number of likely N-dealkylation sites (tertiary alicyclic amines) is 2. The molecule has 0 spiro atoms. The first-order chi connectivity index (χ1) is 34.5. The average Bonchev–Trinajstić information content (AvgIpc) is 3.92. The monoisotopic (exact) mass is 1040 g/mol. The number of amides is 6. The largest absolute Gasteiger partial charge is 0.480 e. The molecule has 4 rings (SSSR count). The first-order valence-electron chi connectivity index (χ1n) is 26.7. The van der Waals surface area contributed by atoms with E-state index >= 15 is 0 Å². The van der Waals surface area contributed by atoms with E-state index in [2.05, 4.69) is 12.2 Å². The summed E-state index contributed by atoms with van der Waals surface area (Å²) in [7, 11) is 6.29. The quantitative estimate of drug-likeness (QED) is 0.0567. The van der Waals surface area contributed by atoms with Gasteiger partial charge in [0.25, 0.3) is 0 Å². The van der Waals surface area contributed by atoms with E-state index in [1.165, 1.54) is 42.2 Å². The number of methoxy groups -OCH3 is 2. The predicted octanol–water partition coefficient (Wildman–Crippen LogP) is 6.79. The Hall–Kier alpha value is -4.42. The Kier molecular flexibility index (Phi) is 23.8. The van der Waals surface area contributed by atoms with Crippen LogP contribution in [-0.4, -0.2) is 160 Å². The van der Waals surface area contributed by atoms with Crippen molar-refractivity contribution in [2.24, 2.45) is 35.5 Å². The van der Waals surface area contributed by atoms with Crippen LogP contribution in [0, 0.1) is 41.3 Å². The number of aliphatic carboxylic acids is 1. The highest BCUT2D eigenvalue weighted by atomic mass is 32.2. The fourth-order valence-electron chi connectivity index (χ4n) is 11.1. The van der Waals surface area contributed by atoms with E-state index in [-0.39, 0.29) is 108 Å². The molecule has 12 atom stereocenters. The van der Waals surface area contributed by atoms with Crippen molar-refractivity contribution in [2.45, 2.75) is 187 Å². The summed E-state index contributed by atoms with van der Waals surface area (Å²) in [5.74, 6) is -4.85. The number of hydrogen-bond donors (Lipinski definition) is 2. The Morgan fingerprint density at radius 1 is 0.890 bits per heavy atom. The fraction of sp³-hybridized carbons (Fsp3) is 0.745. The summed E-state index contributed by atoms with van der Waals surface area (Å²) in [6, 6.07) is 2.48. The van der Waals surface area contributed by atoms with Gasteiger partial charge < -0.3 is 34.6 Å². The molecule has 410 valence electrons. The number of likely N-dealkylation sites (N-methyl/N-ethyl adjacent to an activating group) is 2. The fourth-order valence-corrected chi connectivity index (χ4v) is 12.3. The summed E-state index contributed by atoms with van der Waals surface area (Å²) in [5, 5.41) is 12.2. The summed E-state index contributed by atoms with van der Waals surface area (Å²) in [5.41, 5.74) is 0.152. The van der Waals surface area contributed by atoms with E-state index < -0.39 is 65.9 Å². The lowest BCUT2D eigenvalue weighted by atomic mass is 9.83. The topological polar surface area (TPSA) is 200 Å². The first-order valence-corrected chi connectivity index (χ1v) is 27.7. The van der Waals surface area contributed by atoms with E-state index in [1.807, 2.05) is 41.5 Å². The second-order valence-electron chi connectivity index (χ2n) is 21.5. The molecule has 1 unspecified atom stereocenters. The van der Waals surface area contributed by atoms with Gasteiger partial charge in [-0.1, -0.05) is 92.9 Å². The molecule has 0 aromatic heterocycles. The highest BCUT2D eigenvalue weighted by Crippen LogP contribution is 2.50. The van der Waals surface area contributed by atoms with Gasteiger partial charge in [-0.2, -0.15) is 0 Å². The Labute approximate surface area is 437 Å². The molecule has 0 bridgehead atoms. The minimum Gasteiger partial charge on any atom is -0.480 e. The molecule has 2 N–H and O–H groups in total. The van der Waals surface area contributed by atoms with Crippen LogP contribution in [0.3, 0.4) is 0 Å². The van der Waals surface area contributed by atoms with Gasteiger partial charge in [0, 0.05) is 72.5 Å². The highest BCUT2D eigenvalue weighted by Gasteiger charge is 2.57. The molecule has 1 saturated carbocycles. The molecule has 2 heterocycles. The number of imide groups is 1. The summed E-state index contributed by atoms with van der Waals surface area (Å²) in [6.07, 6.45) is 4.27. The van der Waals surface area contributed by atoms with Crippen molar-refractivity contribution in [3.8, 4) is 0 Å². The molecule has 1 aromatic rings. The van der Waals surface area contributed by atoms with Gasteiger partial charge in [0.15, 0.2) is 5.78 Å². The Bertz CT molecular complexity index is 2080. The minimum absolute atomic E-state index is 0.0708. The summed E-state index contributed by atoms with van der Waals surface area (Å²) < 4.78 is 26.5. The molecule has 18 heteroatoms. The number of Topliss-reactive ketones (excluding diaryl/α,β-unsaturated/α-hetero) is 1. The number of thioether (sulfide) groups is 1. The maximum Gasteiger partial charge on any atom is 0.326 e. The Balaban J connectivity index is 1.40. The van der Waals surface area contributed by atoms with Crippen molar-refractivity contribution >= 4 is 59.0 Å². The van der Waals surface area contributed by atoms with E-state index in [9.17, 15) is 47.9 Å². The van der Waals surface area contributed by atoms with Crippen LogP contribution in [0.2, 0.25) is 0 Å². The normalized spacial score (nSPS) is 21.8. The summed E-state index contributed by atoms with van der Waals surface area (Å²) in [6.45, 7) is 15.6. The number of nitrogens with one attached hydrogen (secondary N) is 1. The van der Waals surface area contributed by atoms with Gasteiger partial charge in [0.1, 0.15) is 11.9 Å². The molecule has 3 aliphatic rings. The molecule has 73 heavy (non-hydrogen) atoms. The van der Waals surface area contributed by atoms with Crippen LogP contribution in [0.4, 0.5) is 4.39 Å². The smallest absolute Gasteiger partial charge is 0.326 e.